The smallest absolute Gasteiger partial charge is 0.229 e. The quantitative estimate of drug-likeness (QED) is 0.745. The van der Waals surface area contributed by atoms with E-state index in [9.17, 15) is 14.0 Å². The van der Waals surface area contributed by atoms with Gasteiger partial charge in [0.25, 0.3) is 0 Å². The van der Waals surface area contributed by atoms with E-state index in [2.05, 4.69) is 9.80 Å². The predicted octanol–water partition coefficient (Wildman–Crippen LogP) is 0.964. The summed E-state index contributed by atoms with van der Waals surface area (Å²) in [5.74, 6) is -0.430. The van der Waals surface area contributed by atoms with Crippen LogP contribution in [-0.2, 0) is 16.1 Å². The zero-order valence-electron chi connectivity index (χ0n) is 14.1. The van der Waals surface area contributed by atoms with E-state index in [1.165, 1.54) is 17.0 Å². The van der Waals surface area contributed by atoms with Crippen molar-refractivity contribution < 1.29 is 14.0 Å². The number of hydrogen-bond acceptors (Lipinski definition) is 5. The fraction of sp³-hybridized carbons (Fsp3) is 0.500. The molecule has 2 aliphatic rings. The fourth-order valence-electron chi connectivity index (χ4n) is 3.29. The summed E-state index contributed by atoms with van der Waals surface area (Å²) in [4.78, 5) is 29.0. The number of imide groups is 1. The zero-order valence-corrected chi connectivity index (χ0v) is 14.1. The molecule has 2 fully saturated rings. The lowest BCUT2D eigenvalue weighted by Crippen LogP contribution is -2.48. The van der Waals surface area contributed by atoms with E-state index in [1.54, 1.807) is 6.07 Å². The summed E-state index contributed by atoms with van der Waals surface area (Å²) in [6.45, 7) is 4.83. The minimum absolute atomic E-state index is 0.0727. The van der Waals surface area contributed by atoms with Crippen molar-refractivity contribution in [3.05, 3.63) is 35.1 Å². The highest BCUT2D eigenvalue weighted by Crippen LogP contribution is 2.15. The topological polar surface area (TPSA) is 67.7 Å². The van der Waals surface area contributed by atoms with Gasteiger partial charge < -0.3 is 0 Å². The van der Waals surface area contributed by atoms with Crippen LogP contribution in [0.25, 0.3) is 0 Å². The molecular formula is C18H21FN4O2. The number of carbonyl (C=O) groups excluding carboxylic acids is 2. The Morgan fingerprint density at radius 1 is 1.00 bits per heavy atom. The minimum Gasteiger partial charge on any atom is -0.299 e. The van der Waals surface area contributed by atoms with E-state index in [0.717, 1.165) is 26.2 Å². The molecule has 0 bridgehead atoms. The molecule has 0 aliphatic carbocycles. The van der Waals surface area contributed by atoms with E-state index >= 15 is 0 Å². The average Bonchev–Trinajstić information content (AvgIpc) is 2.94. The van der Waals surface area contributed by atoms with E-state index in [-0.39, 0.29) is 17.6 Å². The van der Waals surface area contributed by atoms with E-state index < -0.39 is 0 Å². The Bertz CT molecular complexity index is 692. The van der Waals surface area contributed by atoms with Crippen molar-refractivity contribution in [1.82, 2.24) is 14.7 Å². The van der Waals surface area contributed by atoms with E-state index in [1.807, 2.05) is 6.07 Å². The number of likely N-dealkylation sites (tertiary alicyclic amines) is 1. The molecule has 7 heteroatoms. The Morgan fingerprint density at radius 3 is 2.28 bits per heavy atom. The van der Waals surface area contributed by atoms with Crippen molar-refractivity contribution >= 4 is 11.8 Å². The predicted molar refractivity (Wildman–Crippen MR) is 88.8 cm³/mol. The summed E-state index contributed by atoms with van der Waals surface area (Å²) in [5, 5.41) is 8.94. The molecule has 0 unspecified atom stereocenters. The first-order chi connectivity index (χ1) is 12.1. The monoisotopic (exact) mass is 344 g/mol. The Labute approximate surface area is 146 Å². The fourth-order valence-corrected chi connectivity index (χ4v) is 3.29. The first-order valence-electron chi connectivity index (χ1n) is 8.53. The number of carbonyl (C=O) groups is 2. The average molecular weight is 344 g/mol. The number of benzene rings is 1. The summed E-state index contributed by atoms with van der Waals surface area (Å²) in [6, 6.07) is 6.47. The van der Waals surface area contributed by atoms with Crippen LogP contribution >= 0.6 is 0 Å². The Morgan fingerprint density at radius 2 is 1.64 bits per heavy atom. The molecule has 2 aliphatic heterocycles. The van der Waals surface area contributed by atoms with Gasteiger partial charge in [-0.25, -0.2) is 4.39 Å². The SMILES string of the molecule is N#Cc1ccc(F)c(CN2CCN(CCN3C(=O)CCC3=O)CC2)c1. The highest BCUT2D eigenvalue weighted by atomic mass is 19.1. The van der Waals surface area contributed by atoms with Crippen molar-refractivity contribution in [2.75, 3.05) is 39.3 Å². The molecule has 0 atom stereocenters. The third kappa shape index (κ3) is 4.21. The maximum atomic E-state index is 13.9. The van der Waals surface area contributed by atoms with Crippen LogP contribution in [0, 0.1) is 17.1 Å². The maximum absolute atomic E-state index is 13.9. The summed E-state index contributed by atoms with van der Waals surface area (Å²) in [6.07, 6.45) is 0.667. The van der Waals surface area contributed by atoms with E-state index in [4.69, 9.17) is 5.26 Å². The molecular weight excluding hydrogens is 323 g/mol. The molecule has 0 spiro atoms. The molecule has 25 heavy (non-hydrogen) atoms. The summed E-state index contributed by atoms with van der Waals surface area (Å²) in [7, 11) is 0. The van der Waals surface area contributed by atoms with Gasteiger partial charge in [0.15, 0.2) is 0 Å². The van der Waals surface area contributed by atoms with Crippen LogP contribution < -0.4 is 0 Å². The molecule has 2 saturated heterocycles. The zero-order chi connectivity index (χ0) is 17.8. The maximum Gasteiger partial charge on any atom is 0.229 e. The van der Waals surface area contributed by atoms with Crippen LogP contribution in [0.3, 0.4) is 0 Å². The molecule has 2 amide bonds. The molecule has 132 valence electrons. The van der Waals surface area contributed by atoms with Gasteiger partial charge in [0.2, 0.25) is 11.8 Å². The molecule has 0 aromatic heterocycles. The van der Waals surface area contributed by atoms with Crippen LogP contribution in [0.4, 0.5) is 4.39 Å². The van der Waals surface area contributed by atoms with Gasteiger partial charge in [0.05, 0.1) is 11.6 Å². The molecule has 3 rings (SSSR count). The number of hydrogen-bond donors (Lipinski definition) is 0. The van der Waals surface area contributed by atoms with Gasteiger partial charge in [0, 0.05) is 64.2 Å². The number of piperazine rings is 1. The summed E-state index contributed by atoms with van der Waals surface area (Å²) in [5.41, 5.74) is 1.01. The van der Waals surface area contributed by atoms with Crippen molar-refractivity contribution in [3.63, 3.8) is 0 Å². The van der Waals surface area contributed by atoms with Crippen molar-refractivity contribution in [2.24, 2.45) is 0 Å². The lowest BCUT2D eigenvalue weighted by Gasteiger charge is -2.35. The Hall–Kier alpha value is -2.30. The second-order valence-corrected chi connectivity index (χ2v) is 6.47. The number of amides is 2. The van der Waals surface area contributed by atoms with Gasteiger partial charge >= 0.3 is 0 Å². The normalized spacial score (nSPS) is 19.4. The minimum atomic E-state index is -0.285. The second kappa shape index (κ2) is 7.72. The van der Waals surface area contributed by atoms with E-state index in [0.29, 0.717) is 43.6 Å². The molecule has 6 nitrogen and oxygen atoms in total. The van der Waals surface area contributed by atoms with Gasteiger partial charge in [0.1, 0.15) is 5.82 Å². The van der Waals surface area contributed by atoms with Crippen LogP contribution in [-0.4, -0.2) is 65.8 Å². The second-order valence-electron chi connectivity index (χ2n) is 6.47. The number of nitriles is 1. The highest BCUT2D eigenvalue weighted by Gasteiger charge is 2.29. The van der Waals surface area contributed by atoms with Crippen molar-refractivity contribution in [1.29, 1.82) is 5.26 Å². The molecule has 0 radical (unpaired) electrons. The van der Waals surface area contributed by atoms with Gasteiger partial charge in [-0.3, -0.25) is 24.3 Å². The van der Waals surface area contributed by atoms with Crippen LogP contribution in [0.2, 0.25) is 0 Å². The third-order valence-electron chi connectivity index (χ3n) is 4.83. The molecule has 2 heterocycles. The first-order valence-corrected chi connectivity index (χ1v) is 8.53. The van der Waals surface area contributed by atoms with Gasteiger partial charge in [-0.15, -0.1) is 0 Å². The van der Waals surface area contributed by atoms with Crippen LogP contribution in [0.5, 0.6) is 0 Å². The Kier molecular flexibility index (Phi) is 5.41. The molecule has 1 aromatic carbocycles. The number of nitrogens with zero attached hydrogens (tertiary/aromatic N) is 4. The van der Waals surface area contributed by atoms with Gasteiger partial charge in [-0.2, -0.15) is 5.26 Å². The lowest BCUT2D eigenvalue weighted by atomic mass is 10.1. The van der Waals surface area contributed by atoms with Crippen molar-refractivity contribution in [2.45, 2.75) is 19.4 Å². The summed E-state index contributed by atoms with van der Waals surface area (Å²) < 4.78 is 13.9. The highest BCUT2D eigenvalue weighted by molar-refractivity contribution is 6.01. The third-order valence-corrected chi connectivity index (χ3v) is 4.83. The number of rotatable bonds is 5. The number of halogens is 1. The summed E-state index contributed by atoms with van der Waals surface area (Å²) >= 11 is 0. The molecule has 1 aromatic rings. The lowest BCUT2D eigenvalue weighted by molar-refractivity contribution is -0.138. The van der Waals surface area contributed by atoms with Gasteiger partial charge in [-0.1, -0.05) is 0 Å². The van der Waals surface area contributed by atoms with Crippen LogP contribution in [0.1, 0.15) is 24.0 Å². The molecule has 0 saturated carbocycles. The van der Waals surface area contributed by atoms with Crippen LogP contribution in [0.15, 0.2) is 18.2 Å². The Balaban J connectivity index is 1.47. The molecule has 0 N–H and O–H groups in total. The first kappa shape index (κ1) is 17.5. The standard InChI is InChI=1S/C18H21FN4O2/c19-16-2-1-14(12-20)11-15(16)13-22-7-5-21(6-8-22)9-10-23-17(24)3-4-18(23)25/h1-2,11H,3-10,13H2. The van der Waals surface area contributed by atoms with Gasteiger partial charge in [-0.05, 0) is 18.2 Å². The largest absolute Gasteiger partial charge is 0.299 e. The van der Waals surface area contributed by atoms with Crippen molar-refractivity contribution in [3.8, 4) is 6.07 Å².